The Balaban J connectivity index is 2.19. The highest BCUT2D eigenvalue weighted by Crippen LogP contribution is 2.14. The lowest BCUT2D eigenvalue weighted by atomic mass is 10.0. The summed E-state index contributed by atoms with van der Waals surface area (Å²) < 4.78 is 0. The van der Waals surface area contributed by atoms with Crippen molar-refractivity contribution in [3.63, 3.8) is 0 Å². The fraction of sp³-hybridized carbons (Fsp3) is 0.273. The molecule has 1 aromatic heterocycles. The Morgan fingerprint density at radius 2 is 2.31 bits per heavy atom. The standard InChI is InChI=1S/C11H14N2/c1-13-8-5-10(6-9-13)11-4-2-3-7-12-11/h2-5,7,13H,1,6,8-9H2. The number of nitrogens with zero attached hydrogens (tertiary/aromatic N) is 1. The van der Waals surface area contributed by atoms with E-state index in [4.69, 9.17) is 0 Å². The van der Waals surface area contributed by atoms with Crippen LogP contribution in [0.2, 0.25) is 0 Å². The van der Waals surface area contributed by atoms with E-state index >= 15 is 0 Å². The summed E-state index contributed by atoms with van der Waals surface area (Å²) in [5.74, 6) is 0. The molecule has 0 spiro atoms. The first-order valence-corrected chi connectivity index (χ1v) is 4.63. The molecule has 0 aliphatic carbocycles. The van der Waals surface area contributed by atoms with Gasteiger partial charge in [-0.05, 0) is 23.8 Å². The minimum absolute atomic E-state index is 1.02. The molecule has 0 aromatic carbocycles. The molecule has 68 valence electrons. The Hall–Kier alpha value is -1.15. The van der Waals surface area contributed by atoms with Crippen molar-refractivity contribution in [2.24, 2.45) is 0 Å². The molecule has 1 aliphatic heterocycles. The van der Waals surface area contributed by atoms with Crippen molar-refractivity contribution < 1.29 is 4.90 Å². The van der Waals surface area contributed by atoms with Crippen LogP contribution in [0.4, 0.5) is 0 Å². The van der Waals surface area contributed by atoms with Gasteiger partial charge in [0.05, 0.1) is 18.8 Å². The van der Waals surface area contributed by atoms with Gasteiger partial charge in [-0.25, -0.2) is 0 Å². The molecule has 1 aliphatic rings. The molecule has 0 amide bonds. The Kier molecular flexibility index (Phi) is 2.41. The van der Waals surface area contributed by atoms with Gasteiger partial charge >= 0.3 is 0 Å². The van der Waals surface area contributed by atoms with Gasteiger partial charge in [0.2, 0.25) is 0 Å². The number of hydrogen-bond acceptors (Lipinski definition) is 1. The number of aromatic nitrogens is 1. The van der Waals surface area contributed by atoms with Crippen LogP contribution in [0.25, 0.3) is 5.57 Å². The Morgan fingerprint density at radius 1 is 1.38 bits per heavy atom. The summed E-state index contributed by atoms with van der Waals surface area (Å²) >= 11 is 0. The Morgan fingerprint density at radius 3 is 2.92 bits per heavy atom. The smallest absolute Gasteiger partial charge is 0.0723 e. The molecule has 1 aromatic rings. The lowest BCUT2D eigenvalue weighted by Gasteiger charge is -2.24. The van der Waals surface area contributed by atoms with Crippen molar-refractivity contribution in [1.82, 2.24) is 4.98 Å². The molecule has 0 bridgehead atoms. The third kappa shape index (κ3) is 1.95. The van der Waals surface area contributed by atoms with Crippen LogP contribution in [0.5, 0.6) is 0 Å². The lowest BCUT2D eigenvalue weighted by Crippen LogP contribution is -3.07. The summed E-state index contributed by atoms with van der Waals surface area (Å²) in [6.07, 6.45) is 5.18. The van der Waals surface area contributed by atoms with Crippen LogP contribution in [-0.4, -0.2) is 18.1 Å². The molecule has 1 unspecified atom stereocenters. The predicted molar refractivity (Wildman–Crippen MR) is 52.9 cm³/mol. The quantitative estimate of drug-likeness (QED) is 0.615. The van der Waals surface area contributed by atoms with Gasteiger partial charge in [0.25, 0.3) is 0 Å². The van der Waals surface area contributed by atoms with Gasteiger partial charge in [-0.15, -0.1) is 0 Å². The SMILES string of the molecule is [CH2-][NH+]1CC=C(c2ccccn2)CC1. The molecule has 2 nitrogen and oxygen atoms in total. The van der Waals surface area contributed by atoms with Crippen LogP contribution < -0.4 is 4.90 Å². The van der Waals surface area contributed by atoms with E-state index in [0.717, 1.165) is 25.2 Å². The zero-order chi connectivity index (χ0) is 9.10. The summed E-state index contributed by atoms with van der Waals surface area (Å²) in [5.41, 5.74) is 2.49. The topological polar surface area (TPSA) is 17.3 Å². The van der Waals surface area contributed by atoms with Crippen LogP contribution in [0.3, 0.4) is 0 Å². The molecule has 0 fully saturated rings. The van der Waals surface area contributed by atoms with E-state index in [0.29, 0.717) is 0 Å². The van der Waals surface area contributed by atoms with E-state index in [1.807, 2.05) is 18.3 Å². The number of hydrogen-bond donors (Lipinski definition) is 1. The van der Waals surface area contributed by atoms with Gasteiger partial charge in [-0.2, -0.15) is 7.05 Å². The van der Waals surface area contributed by atoms with Gasteiger partial charge in [0.1, 0.15) is 0 Å². The average molecular weight is 174 g/mol. The van der Waals surface area contributed by atoms with Crippen molar-refractivity contribution in [3.8, 4) is 0 Å². The van der Waals surface area contributed by atoms with Crippen LogP contribution in [0.15, 0.2) is 30.5 Å². The molecule has 0 saturated carbocycles. The average Bonchev–Trinajstić information content (AvgIpc) is 2.20. The zero-order valence-corrected chi connectivity index (χ0v) is 7.66. The van der Waals surface area contributed by atoms with E-state index in [-0.39, 0.29) is 0 Å². The van der Waals surface area contributed by atoms with Crippen molar-refractivity contribution in [2.45, 2.75) is 6.42 Å². The second kappa shape index (κ2) is 3.71. The van der Waals surface area contributed by atoms with E-state index in [9.17, 15) is 0 Å². The first-order chi connectivity index (χ1) is 6.36. The minimum Gasteiger partial charge on any atom is -0.464 e. The maximum atomic E-state index is 4.33. The Bertz CT molecular complexity index is 303. The number of nitrogens with one attached hydrogen (secondary N) is 1. The highest BCUT2D eigenvalue weighted by Gasteiger charge is 2.09. The molecular weight excluding hydrogens is 160 g/mol. The third-order valence-corrected chi connectivity index (χ3v) is 2.38. The third-order valence-electron chi connectivity index (χ3n) is 2.38. The second-order valence-corrected chi connectivity index (χ2v) is 3.40. The number of rotatable bonds is 1. The second-order valence-electron chi connectivity index (χ2n) is 3.40. The number of quaternary nitrogens is 1. The summed E-state index contributed by atoms with van der Waals surface area (Å²) in [6.45, 7) is 2.13. The minimum atomic E-state index is 1.02. The molecule has 1 atom stereocenters. The van der Waals surface area contributed by atoms with Gasteiger partial charge in [-0.1, -0.05) is 6.07 Å². The lowest BCUT2D eigenvalue weighted by molar-refractivity contribution is -0.848. The highest BCUT2D eigenvalue weighted by atomic mass is 15.1. The molecule has 2 heterocycles. The molecular formula is C11H14N2. The van der Waals surface area contributed by atoms with Crippen LogP contribution in [0.1, 0.15) is 12.1 Å². The van der Waals surface area contributed by atoms with Crippen LogP contribution >= 0.6 is 0 Å². The van der Waals surface area contributed by atoms with Crippen LogP contribution in [-0.2, 0) is 0 Å². The number of pyridine rings is 1. The largest absolute Gasteiger partial charge is 0.464 e. The van der Waals surface area contributed by atoms with Gasteiger partial charge in [0.15, 0.2) is 0 Å². The van der Waals surface area contributed by atoms with Gasteiger partial charge in [0, 0.05) is 12.6 Å². The van der Waals surface area contributed by atoms with Crippen molar-refractivity contribution in [3.05, 3.63) is 43.2 Å². The molecule has 0 saturated heterocycles. The normalized spacial score (nSPS) is 22.5. The maximum Gasteiger partial charge on any atom is 0.0723 e. The van der Waals surface area contributed by atoms with E-state index in [1.165, 1.54) is 10.5 Å². The molecule has 2 heteroatoms. The van der Waals surface area contributed by atoms with Crippen LogP contribution in [0, 0.1) is 7.05 Å². The van der Waals surface area contributed by atoms with Crippen molar-refractivity contribution in [2.75, 3.05) is 13.1 Å². The van der Waals surface area contributed by atoms with Gasteiger partial charge < -0.3 is 4.90 Å². The first kappa shape index (κ1) is 8.45. The maximum absolute atomic E-state index is 4.33. The summed E-state index contributed by atoms with van der Waals surface area (Å²) in [5, 5.41) is 0. The zero-order valence-electron chi connectivity index (χ0n) is 7.66. The van der Waals surface area contributed by atoms with E-state index < -0.39 is 0 Å². The fourth-order valence-electron chi connectivity index (χ4n) is 1.57. The summed E-state index contributed by atoms with van der Waals surface area (Å²) in [7, 11) is 3.98. The fourth-order valence-corrected chi connectivity index (χ4v) is 1.57. The molecule has 13 heavy (non-hydrogen) atoms. The summed E-state index contributed by atoms with van der Waals surface area (Å²) in [6, 6.07) is 6.05. The monoisotopic (exact) mass is 174 g/mol. The van der Waals surface area contributed by atoms with E-state index in [1.54, 1.807) is 0 Å². The molecule has 2 rings (SSSR count). The highest BCUT2D eigenvalue weighted by molar-refractivity contribution is 5.62. The van der Waals surface area contributed by atoms with Crippen molar-refractivity contribution >= 4 is 5.57 Å². The predicted octanol–water partition coefficient (Wildman–Crippen LogP) is 0.545. The van der Waals surface area contributed by atoms with Crippen molar-refractivity contribution in [1.29, 1.82) is 0 Å². The van der Waals surface area contributed by atoms with Gasteiger partial charge in [-0.3, -0.25) is 4.98 Å². The summed E-state index contributed by atoms with van der Waals surface area (Å²) in [4.78, 5) is 5.66. The Labute approximate surface area is 78.9 Å². The van der Waals surface area contributed by atoms with E-state index in [2.05, 4.69) is 24.2 Å². The molecule has 0 radical (unpaired) electrons. The molecule has 1 N–H and O–H groups in total. The first-order valence-electron chi connectivity index (χ1n) is 4.63.